The molecule has 3 aliphatic rings. The molecule has 0 bridgehead atoms. The Kier molecular flexibility index (Phi) is 8.89. The molecule has 0 fully saturated rings. The maximum absolute atomic E-state index is 2.81. The van der Waals surface area contributed by atoms with Crippen LogP contribution in [0.3, 0.4) is 0 Å². The third-order valence-corrected chi connectivity index (χ3v) is 23.8. The van der Waals surface area contributed by atoms with Gasteiger partial charge in [-0.25, -0.2) is 0 Å². The number of aryl methyl sites for hydroxylation is 1. The quantitative estimate of drug-likeness (QED) is 0.144. The zero-order valence-electron chi connectivity index (χ0n) is 38.0. The molecule has 0 spiro atoms. The fourth-order valence-corrected chi connectivity index (χ4v) is 21.1. The molecule has 2 heterocycles. The van der Waals surface area contributed by atoms with Crippen LogP contribution in [0, 0.1) is 6.92 Å². The van der Waals surface area contributed by atoms with Crippen molar-refractivity contribution in [3.63, 3.8) is 0 Å². The Morgan fingerprint density at radius 1 is 0.328 bits per heavy atom. The topological polar surface area (TPSA) is 3.24 Å². The fraction of sp³-hybridized carbons (Fsp3) is 0.0625. The molecule has 0 atom stereocenters. The van der Waals surface area contributed by atoms with Crippen LogP contribution in [0.25, 0.3) is 33.4 Å². The molecule has 10 aromatic rings. The number of fused-ring (bicyclic) bond motifs is 9. The lowest BCUT2D eigenvalue weighted by Gasteiger charge is -2.35. The highest BCUT2D eigenvalue weighted by Gasteiger charge is 2.50. The molecule has 1 aliphatic carbocycles. The van der Waals surface area contributed by atoms with Crippen molar-refractivity contribution in [3.8, 4) is 33.4 Å². The van der Waals surface area contributed by atoms with E-state index in [0.29, 0.717) is 0 Å². The lowest BCUT2D eigenvalue weighted by atomic mass is 9.67. The van der Waals surface area contributed by atoms with E-state index in [1.54, 1.807) is 0 Å². The molecule has 1 nitrogen and oxygen atoms in total. The molecule has 318 valence electrons. The normalized spacial score (nSPS) is 14.9. The number of hydrogen-bond acceptors (Lipinski definition) is 1. The smallest absolute Gasteiger partial charge is 0.180 e. The van der Waals surface area contributed by atoms with Crippen LogP contribution in [-0.2, 0) is 5.41 Å². The summed E-state index contributed by atoms with van der Waals surface area (Å²) in [6.45, 7) is 7.36. The van der Waals surface area contributed by atoms with Crippen molar-refractivity contribution in [1.82, 2.24) is 0 Å². The number of benzene rings is 10. The first-order chi connectivity index (χ1) is 32.9. The highest BCUT2D eigenvalue weighted by Crippen LogP contribution is 2.57. The van der Waals surface area contributed by atoms with Crippen LogP contribution in [0.2, 0.25) is 13.1 Å². The highest BCUT2D eigenvalue weighted by molar-refractivity contribution is 7.22. The van der Waals surface area contributed by atoms with Crippen molar-refractivity contribution in [3.05, 3.63) is 270 Å². The minimum Gasteiger partial charge on any atom is -0.310 e. The third kappa shape index (κ3) is 5.59. The first-order valence-corrected chi connectivity index (χ1v) is 28.7. The van der Waals surface area contributed by atoms with Crippen LogP contribution in [0.5, 0.6) is 0 Å². The van der Waals surface area contributed by atoms with Gasteiger partial charge in [-0.1, -0.05) is 219 Å². The zero-order chi connectivity index (χ0) is 44.9. The molecule has 2 aliphatic heterocycles. The first-order valence-electron chi connectivity index (χ1n) is 23.7. The Morgan fingerprint density at radius 3 is 1.42 bits per heavy atom. The second-order valence-electron chi connectivity index (χ2n) is 19.3. The number of nitrogens with zero attached hydrogens (tertiary/aromatic N) is 1. The van der Waals surface area contributed by atoms with Crippen LogP contribution in [-0.4, -0.2) is 16.1 Å². The second-order valence-corrected chi connectivity index (χ2v) is 27.3. The highest BCUT2D eigenvalue weighted by atomic mass is 28.3. The zero-order valence-corrected chi connectivity index (χ0v) is 40.0. The molecule has 0 radical (unpaired) electrons. The van der Waals surface area contributed by atoms with Crippen molar-refractivity contribution < 1.29 is 0 Å². The van der Waals surface area contributed by atoms with Gasteiger partial charge in [0.15, 0.2) is 8.07 Å². The first kappa shape index (κ1) is 39.8. The Bertz CT molecular complexity index is 3490. The molecule has 0 aromatic heterocycles. The van der Waals surface area contributed by atoms with E-state index in [1.165, 1.54) is 104 Å². The van der Waals surface area contributed by atoms with E-state index in [4.69, 9.17) is 0 Å². The van der Waals surface area contributed by atoms with E-state index in [9.17, 15) is 0 Å². The molecular weight excluding hydrogens is 839 g/mol. The lowest BCUT2D eigenvalue weighted by molar-refractivity contribution is 0.768. The van der Waals surface area contributed by atoms with E-state index in [2.05, 4.69) is 268 Å². The van der Waals surface area contributed by atoms with Gasteiger partial charge in [-0.3, -0.25) is 0 Å². The number of anilines is 3. The summed E-state index contributed by atoms with van der Waals surface area (Å²) in [5, 5.41) is 8.74. The van der Waals surface area contributed by atoms with Crippen LogP contribution >= 0.6 is 0 Å². The van der Waals surface area contributed by atoms with E-state index in [0.717, 1.165) is 5.69 Å². The summed E-state index contributed by atoms with van der Waals surface area (Å²) in [5.41, 5.74) is 17.5. The summed E-state index contributed by atoms with van der Waals surface area (Å²) in [6.07, 6.45) is 0. The monoisotopic (exact) mass is 887 g/mol. The van der Waals surface area contributed by atoms with E-state index in [1.807, 2.05) is 0 Å². The molecule has 3 heteroatoms. The minimum atomic E-state index is -2.81. The summed E-state index contributed by atoms with van der Waals surface area (Å²) in [7, 11) is -4.84. The van der Waals surface area contributed by atoms with Crippen molar-refractivity contribution in [2.75, 3.05) is 4.90 Å². The van der Waals surface area contributed by atoms with Gasteiger partial charge in [-0.15, -0.1) is 0 Å². The molecule has 0 saturated carbocycles. The van der Waals surface area contributed by atoms with Crippen LogP contribution < -0.4 is 36.0 Å². The molecule has 10 aromatic carbocycles. The predicted octanol–water partition coefficient (Wildman–Crippen LogP) is 12.0. The Hall–Kier alpha value is -7.57. The molecule has 0 unspecified atom stereocenters. The van der Waals surface area contributed by atoms with Crippen molar-refractivity contribution >= 4 is 64.3 Å². The summed E-state index contributed by atoms with van der Waals surface area (Å²) < 4.78 is 0. The largest absolute Gasteiger partial charge is 0.310 e. The summed E-state index contributed by atoms with van der Waals surface area (Å²) >= 11 is 0. The molecule has 0 N–H and O–H groups in total. The lowest BCUT2D eigenvalue weighted by Crippen LogP contribution is -2.72. The Morgan fingerprint density at radius 2 is 0.791 bits per heavy atom. The number of hydrogen-bond donors (Lipinski definition) is 0. The predicted molar refractivity (Wildman–Crippen MR) is 288 cm³/mol. The van der Waals surface area contributed by atoms with Gasteiger partial charge in [0.2, 0.25) is 0 Å². The maximum atomic E-state index is 2.59. The van der Waals surface area contributed by atoms with Crippen LogP contribution in [0.15, 0.2) is 243 Å². The van der Waals surface area contributed by atoms with E-state index in [-0.39, 0.29) is 0 Å². The Balaban J connectivity index is 1.10. The number of rotatable bonds is 7. The SMILES string of the molecule is Cc1cc(N(c2ccc3c(c2)C(c2ccccc2)(c2ccccc2)c2ccccc2-3)c2ccc3c(c2)[Si](C)(C)c2ccccc2-3)cc([Si]2(c3ccccc3)c3ccccc3-c3ccccc32)c1. The van der Waals surface area contributed by atoms with Gasteiger partial charge < -0.3 is 4.90 Å². The van der Waals surface area contributed by atoms with Gasteiger partial charge in [0.25, 0.3) is 0 Å². The molecule has 13 rings (SSSR count). The Labute approximate surface area is 396 Å². The van der Waals surface area contributed by atoms with Gasteiger partial charge in [0, 0.05) is 17.1 Å². The van der Waals surface area contributed by atoms with E-state index >= 15 is 0 Å². The fourth-order valence-electron chi connectivity index (χ4n) is 12.7. The maximum Gasteiger partial charge on any atom is 0.180 e. The average molecular weight is 888 g/mol. The minimum absolute atomic E-state index is 0.524. The molecule has 0 saturated heterocycles. The van der Waals surface area contributed by atoms with Crippen LogP contribution in [0.1, 0.15) is 27.8 Å². The van der Waals surface area contributed by atoms with Gasteiger partial charge >= 0.3 is 0 Å². The molecular formula is C64H49NSi2. The van der Waals surface area contributed by atoms with Gasteiger partial charge in [0.1, 0.15) is 8.07 Å². The van der Waals surface area contributed by atoms with Gasteiger partial charge in [0.05, 0.1) is 5.41 Å². The average Bonchev–Trinajstić information content (AvgIpc) is 3.94. The van der Waals surface area contributed by atoms with Gasteiger partial charge in [-0.2, -0.15) is 0 Å². The second kappa shape index (κ2) is 15.0. The van der Waals surface area contributed by atoms with Crippen molar-refractivity contribution in [1.29, 1.82) is 0 Å². The van der Waals surface area contributed by atoms with Crippen molar-refractivity contribution in [2.45, 2.75) is 25.4 Å². The molecule has 67 heavy (non-hydrogen) atoms. The van der Waals surface area contributed by atoms with Crippen molar-refractivity contribution in [2.24, 2.45) is 0 Å². The third-order valence-electron chi connectivity index (χ3n) is 15.4. The summed E-state index contributed by atoms with van der Waals surface area (Å²) in [5.74, 6) is 0. The van der Waals surface area contributed by atoms with E-state index < -0.39 is 21.6 Å². The molecule has 0 amide bonds. The summed E-state index contributed by atoms with van der Waals surface area (Å²) in [4.78, 5) is 2.59. The van der Waals surface area contributed by atoms with Gasteiger partial charge in [-0.05, 0) is 136 Å². The van der Waals surface area contributed by atoms with Crippen LogP contribution in [0.4, 0.5) is 17.1 Å². The summed E-state index contributed by atoms with van der Waals surface area (Å²) in [6, 6.07) is 92.7. The standard InChI is InChI=1S/C64H49NSi2/c1-44-39-49(41-51(40-44)67(50-25-11-6-12-26-50)61-33-19-15-29-55(61)56-30-16-20-34-62(56)67)65(48-36-38-57-54-28-14-18-32-60(54)66(2,3)63(57)43-48)47-35-37-53-52-27-13-17-31-58(52)64(59(53)42-47,45-21-7-4-8-22-45)46-23-9-5-10-24-46/h4-43H,1-3H3.